The van der Waals surface area contributed by atoms with E-state index in [1.54, 1.807) is 55.4 Å². The number of hydrogen-bond acceptors (Lipinski definition) is 14. The second kappa shape index (κ2) is 33.4. The smallest absolute Gasteiger partial charge is 0.393 e. The fourth-order valence-electron chi connectivity index (χ4n) is 8.48. The second-order valence-corrected chi connectivity index (χ2v) is 24.6. The maximum absolute atomic E-state index is 10.8. The third-order valence-electron chi connectivity index (χ3n) is 11.3. The molecule has 8 atom stereocenters. The van der Waals surface area contributed by atoms with Gasteiger partial charge < -0.3 is 68.9 Å². The number of rotatable bonds is 14. The van der Waals surface area contributed by atoms with E-state index in [0.29, 0.717) is 25.7 Å². The molecule has 0 heterocycles. The summed E-state index contributed by atoms with van der Waals surface area (Å²) in [6, 6.07) is 31.6. The molecule has 12 N–H and O–H groups in total. The minimum Gasteiger partial charge on any atom is -0.393 e. The van der Waals surface area contributed by atoms with Gasteiger partial charge in [-0.05, 0) is 167 Å². The molecule has 6 rings (SSSR count). The van der Waals surface area contributed by atoms with Crippen LogP contribution in [0.4, 0.5) is 0 Å². The van der Waals surface area contributed by atoms with Crippen LogP contribution in [-0.2, 0) is 62.4 Å². The van der Waals surface area contributed by atoms with E-state index in [2.05, 4.69) is 0 Å². The van der Waals surface area contributed by atoms with E-state index in [9.17, 15) is 19.2 Å². The number of aliphatic hydroxyl groups is 8. The molecular formula is C54H88O14Si2Ti2. The average molecular weight is 1110 g/mol. The molecule has 18 heteroatoms. The molecular weight excluding hydrogens is 1020 g/mol. The van der Waals surface area contributed by atoms with Gasteiger partial charge in [0.1, 0.15) is 0 Å². The Labute approximate surface area is 462 Å². The molecule has 2 aliphatic carbocycles. The molecule has 0 radical (unpaired) electrons. The van der Waals surface area contributed by atoms with E-state index in [1.807, 2.05) is 139 Å². The molecule has 72 heavy (non-hydrogen) atoms. The normalized spacial score (nSPS) is 16.6. The van der Waals surface area contributed by atoms with Gasteiger partial charge in [-0.1, -0.05) is 97.1 Å². The topological polar surface area (TPSA) is 261 Å². The third-order valence-corrected chi connectivity index (χ3v) is 16.6. The first kappa shape index (κ1) is 72.3. The van der Waals surface area contributed by atoms with Crippen LogP contribution in [0.1, 0.15) is 145 Å². The number of aliphatic hydroxyl groups excluding tert-OH is 8. The summed E-state index contributed by atoms with van der Waals surface area (Å²) < 4.78 is 11.2. The SMILES string of the molecule is CC(C)O[Si](O)(O)C1(C)c2ccccc2-c2ccccc21.CC(C)O[Si](O)(O)C1(C)c2ccccc2-c2ccccc21.CC(O)CC(C)O.CC(O)CC(C)O.CC(O)CC(C)O.CC(O)CC(C)O.[Ti].[Ti]. The Morgan fingerprint density at radius 1 is 0.333 bits per heavy atom. The first-order valence-corrected chi connectivity index (χ1v) is 27.9. The van der Waals surface area contributed by atoms with E-state index in [0.717, 1.165) is 44.5 Å². The van der Waals surface area contributed by atoms with Crippen molar-refractivity contribution in [3.8, 4) is 22.3 Å². The van der Waals surface area contributed by atoms with Gasteiger partial charge in [-0.25, -0.2) is 0 Å². The molecule has 2 aliphatic rings. The number of hydrogen-bond donors (Lipinski definition) is 12. The first-order chi connectivity index (χ1) is 32.3. The Morgan fingerprint density at radius 3 is 0.611 bits per heavy atom. The van der Waals surface area contributed by atoms with E-state index in [4.69, 9.17) is 49.7 Å². The van der Waals surface area contributed by atoms with Gasteiger partial charge in [0.2, 0.25) is 0 Å². The van der Waals surface area contributed by atoms with Gasteiger partial charge in [-0.2, -0.15) is 0 Å². The van der Waals surface area contributed by atoms with Crippen molar-refractivity contribution >= 4 is 17.6 Å². The van der Waals surface area contributed by atoms with Crippen LogP contribution in [0.15, 0.2) is 97.1 Å². The molecule has 0 aliphatic heterocycles. The van der Waals surface area contributed by atoms with Crippen molar-refractivity contribution in [2.24, 2.45) is 0 Å². The second-order valence-electron chi connectivity index (χ2n) is 19.7. The Balaban J connectivity index is 0. The molecule has 0 amide bonds. The van der Waals surface area contributed by atoms with Crippen molar-refractivity contribution in [3.05, 3.63) is 119 Å². The molecule has 404 valence electrons. The Kier molecular flexibility index (Phi) is 33.5. The van der Waals surface area contributed by atoms with E-state index < -0.39 is 27.7 Å². The van der Waals surface area contributed by atoms with Crippen LogP contribution in [0.5, 0.6) is 0 Å². The molecule has 8 unspecified atom stereocenters. The molecule has 4 aromatic carbocycles. The predicted octanol–water partition coefficient (Wildman–Crippen LogP) is 6.27. The van der Waals surface area contributed by atoms with Crippen molar-refractivity contribution in [1.82, 2.24) is 0 Å². The Bertz CT molecular complexity index is 1810. The van der Waals surface area contributed by atoms with E-state index in [-0.39, 0.29) is 104 Å². The summed E-state index contributed by atoms with van der Waals surface area (Å²) in [5.74, 6) is 0. The van der Waals surface area contributed by atoms with E-state index in [1.165, 1.54) is 0 Å². The van der Waals surface area contributed by atoms with Gasteiger partial charge in [-0.3, -0.25) is 0 Å². The zero-order valence-corrected chi connectivity index (χ0v) is 50.1. The number of benzene rings is 4. The summed E-state index contributed by atoms with van der Waals surface area (Å²) in [6.07, 6.45) is -1.58. The van der Waals surface area contributed by atoms with E-state index >= 15 is 0 Å². The van der Waals surface area contributed by atoms with Gasteiger partial charge in [0, 0.05) is 55.6 Å². The van der Waals surface area contributed by atoms with Crippen molar-refractivity contribution in [2.75, 3.05) is 0 Å². The Hall–Kier alpha value is -1.82. The fraction of sp³-hybridized carbons (Fsp3) is 0.556. The maximum atomic E-state index is 10.8. The maximum Gasteiger partial charge on any atom is 0.511 e. The molecule has 0 bridgehead atoms. The van der Waals surface area contributed by atoms with Gasteiger partial charge in [0.15, 0.2) is 0 Å². The molecule has 0 spiro atoms. The molecule has 0 saturated heterocycles. The summed E-state index contributed by atoms with van der Waals surface area (Å²) in [5.41, 5.74) is 7.97. The van der Waals surface area contributed by atoms with Crippen molar-refractivity contribution in [2.45, 2.75) is 194 Å². The fourth-order valence-corrected chi connectivity index (χ4v) is 12.5. The van der Waals surface area contributed by atoms with Gasteiger partial charge in [0.05, 0.1) is 58.9 Å². The minimum atomic E-state index is -3.96. The summed E-state index contributed by atoms with van der Waals surface area (Å²) in [6.45, 7) is 24.3. The largest absolute Gasteiger partial charge is 0.511 e. The average Bonchev–Trinajstić information content (AvgIpc) is 3.64. The summed E-state index contributed by atoms with van der Waals surface area (Å²) in [7, 11) is -7.92. The summed E-state index contributed by atoms with van der Waals surface area (Å²) in [5, 5.41) is 66.7. The van der Waals surface area contributed by atoms with Crippen LogP contribution >= 0.6 is 0 Å². The quantitative estimate of drug-likeness (QED) is 0.0622. The first-order valence-electron chi connectivity index (χ1n) is 24.3. The zero-order valence-electron chi connectivity index (χ0n) is 45.0. The van der Waals surface area contributed by atoms with Crippen LogP contribution in [0.2, 0.25) is 0 Å². The van der Waals surface area contributed by atoms with Gasteiger partial charge in [-0.15, -0.1) is 0 Å². The molecule has 0 aromatic heterocycles. The van der Waals surface area contributed by atoms with Crippen LogP contribution in [-0.4, -0.2) is 139 Å². The number of fused-ring (bicyclic) bond motifs is 6. The Morgan fingerprint density at radius 2 is 0.486 bits per heavy atom. The van der Waals surface area contributed by atoms with Gasteiger partial charge in [0.25, 0.3) is 0 Å². The van der Waals surface area contributed by atoms with Crippen molar-refractivity contribution in [1.29, 1.82) is 0 Å². The standard InChI is InChI=1S/2C17H20O3Si.4C5H12O2.2Ti/c2*1-12(2)20-21(18,19)17(3)15-10-6-4-8-13(15)14-9-5-7-11-16(14)17;4*1-4(6)3-5(2)7;;/h2*4-12,18-19H,1-3H3;4*4-7H,3H2,1-2H3;;. The van der Waals surface area contributed by atoms with Gasteiger partial charge >= 0.3 is 17.6 Å². The molecule has 0 saturated carbocycles. The predicted molar refractivity (Wildman–Crippen MR) is 281 cm³/mol. The van der Waals surface area contributed by atoms with Crippen LogP contribution in [0.25, 0.3) is 22.3 Å². The molecule has 14 nitrogen and oxygen atoms in total. The van der Waals surface area contributed by atoms with Crippen LogP contribution < -0.4 is 0 Å². The minimum absolute atomic E-state index is 0. The molecule has 4 aromatic rings. The third kappa shape index (κ3) is 22.0. The molecule has 0 fully saturated rings. The summed E-state index contributed by atoms with van der Waals surface area (Å²) in [4.78, 5) is 43.2. The van der Waals surface area contributed by atoms with Crippen LogP contribution in [0, 0.1) is 0 Å². The zero-order chi connectivity index (χ0) is 53.9. The van der Waals surface area contributed by atoms with Crippen LogP contribution in [0.3, 0.4) is 0 Å². The monoisotopic (exact) mass is 1110 g/mol. The van der Waals surface area contributed by atoms with Crippen molar-refractivity contribution < 1.29 is 112 Å². The van der Waals surface area contributed by atoms with Crippen molar-refractivity contribution in [3.63, 3.8) is 0 Å². The summed E-state index contributed by atoms with van der Waals surface area (Å²) >= 11 is 0.